The Morgan fingerprint density at radius 1 is 0.571 bits per heavy atom. The minimum Gasteiger partial charge on any atom is -0.290 e. The summed E-state index contributed by atoms with van der Waals surface area (Å²) in [6, 6.07) is 35.5. The molecule has 0 spiro atoms. The van der Waals surface area contributed by atoms with Gasteiger partial charge in [-0.2, -0.15) is 0 Å². The van der Waals surface area contributed by atoms with Gasteiger partial charge in [-0.1, -0.05) is 109 Å². The second-order valence-corrected chi connectivity index (χ2v) is 8.49. The number of benzene rings is 4. The third-order valence-electron chi connectivity index (χ3n) is 6.03. The lowest BCUT2D eigenvalue weighted by atomic mass is 10.0. The molecule has 35 heavy (non-hydrogen) atoms. The number of carbonyl (C=O) groups is 2. The van der Waals surface area contributed by atoms with E-state index in [-0.39, 0.29) is 24.7 Å². The van der Waals surface area contributed by atoms with Crippen molar-refractivity contribution in [1.29, 1.82) is 0 Å². The molecule has 170 valence electrons. The second kappa shape index (κ2) is 10.1. The number of nitrogens with zero attached hydrogens (tertiary/aromatic N) is 2. The highest BCUT2D eigenvalue weighted by atomic mass is 16.1. The molecule has 4 aromatic carbocycles. The van der Waals surface area contributed by atoms with Crippen LogP contribution in [0.3, 0.4) is 0 Å². The second-order valence-electron chi connectivity index (χ2n) is 8.49. The van der Waals surface area contributed by atoms with E-state index in [1.54, 1.807) is 15.5 Å². The molecule has 0 aliphatic carbocycles. The summed E-state index contributed by atoms with van der Waals surface area (Å²) >= 11 is 0. The number of imidazole rings is 1. The molecule has 1 heterocycles. The van der Waals surface area contributed by atoms with Crippen LogP contribution in [0, 0.1) is 0 Å². The molecule has 0 N–H and O–H groups in total. The highest BCUT2D eigenvalue weighted by molar-refractivity contribution is 5.96. The van der Waals surface area contributed by atoms with Gasteiger partial charge in [-0.15, -0.1) is 0 Å². The summed E-state index contributed by atoms with van der Waals surface area (Å²) in [6.45, 7) is 0.440. The van der Waals surface area contributed by atoms with E-state index in [2.05, 4.69) is 0 Å². The third kappa shape index (κ3) is 5.33. The Labute approximate surface area is 204 Å². The van der Waals surface area contributed by atoms with Gasteiger partial charge in [0.05, 0.1) is 0 Å². The normalized spacial score (nSPS) is 10.7. The Hall–Kier alpha value is -4.57. The number of hydrogen-bond acceptors (Lipinski definition) is 2. The molecule has 0 bridgehead atoms. The van der Waals surface area contributed by atoms with Crippen LogP contribution in [-0.4, -0.2) is 16.1 Å². The molecule has 0 saturated carbocycles. The molecular formula is C31H25N2O2+. The number of ketones is 2. The van der Waals surface area contributed by atoms with Crippen LogP contribution in [-0.2, 0) is 13.1 Å². The van der Waals surface area contributed by atoms with Gasteiger partial charge in [-0.3, -0.25) is 9.59 Å². The quantitative estimate of drug-likeness (QED) is 0.216. The standard InChI is InChI=1S/C31H25N2O2/c34-30(28-15-11-26(12-16-28)24-7-3-1-4-8-24)21-32-19-20-33(23-32)22-31(35)29-17-13-27(14-18-29)25-9-5-2-6-10-25/h1-20,23H,21-22H2/q+1. The molecule has 1 aromatic heterocycles. The molecule has 4 nitrogen and oxygen atoms in total. The molecule has 0 aliphatic heterocycles. The molecular weight excluding hydrogens is 432 g/mol. The van der Waals surface area contributed by atoms with Crippen molar-refractivity contribution in [3.8, 4) is 22.3 Å². The first-order chi connectivity index (χ1) is 17.2. The largest absolute Gasteiger partial charge is 0.290 e. The van der Waals surface area contributed by atoms with Gasteiger partial charge in [0.1, 0.15) is 12.4 Å². The van der Waals surface area contributed by atoms with E-state index in [9.17, 15) is 9.59 Å². The fraction of sp³-hybridized carbons (Fsp3) is 0.0645. The predicted octanol–water partition coefficient (Wildman–Crippen LogP) is 5.88. The van der Waals surface area contributed by atoms with Gasteiger partial charge in [0.2, 0.25) is 17.9 Å². The minimum atomic E-state index is 0.0233. The van der Waals surface area contributed by atoms with Gasteiger partial charge < -0.3 is 0 Å². The first-order valence-electron chi connectivity index (χ1n) is 11.6. The lowest BCUT2D eigenvalue weighted by molar-refractivity contribution is -0.682. The van der Waals surface area contributed by atoms with E-state index >= 15 is 0 Å². The molecule has 0 saturated heterocycles. The van der Waals surface area contributed by atoms with Crippen LogP contribution in [0.25, 0.3) is 22.3 Å². The first kappa shape index (κ1) is 22.2. The average molecular weight is 458 g/mol. The van der Waals surface area contributed by atoms with E-state index in [4.69, 9.17) is 0 Å². The summed E-state index contributed by atoms with van der Waals surface area (Å²) in [5.41, 5.74) is 5.74. The van der Waals surface area contributed by atoms with Crippen molar-refractivity contribution < 1.29 is 14.2 Å². The maximum Gasteiger partial charge on any atom is 0.244 e. The van der Waals surface area contributed by atoms with E-state index in [1.165, 1.54) is 0 Å². The lowest BCUT2D eigenvalue weighted by Crippen LogP contribution is -2.36. The van der Waals surface area contributed by atoms with Crippen molar-refractivity contribution in [2.75, 3.05) is 0 Å². The zero-order chi connectivity index (χ0) is 24.0. The Kier molecular flexibility index (Phi) is 6.44. The number of hydrogen-bond donors (Lipinski definition) is 0. The monoisotopic (exact) mass is 457 g/mol. The molecule has 0 atom stereocenters. The van der Waals surface area contributed by atoms with Gasteiger partial charge in [-0.25, -0.2) is 9.13 Å². The van der Waals surface area contributed by atoms with Crippen molar-refractivity contribution in [3.63, 3.8) is 0 Å². The summed E-state index contributed by atoms with van der Waals surface area (Å²) < 4.78 is 3.61. The van der Waals surface area contributed by atoms with Crippen LogP contribution < -0.4 is 4.57 Å². The van der Waals surface area contributed by atoms with Gasteiger partial charge in [-0.05, 0) is 22.3 Å². The minimum absolute atomic E-state index is 0.0233. The third-order valence-corrected chi connectivity index (χ3v) is 6.03. The fourth-order valence-corrected chi connectivity index (χ4v) is 4.10. The summed E-state index contributed by atoms with van der Waals surface area (Å²) in [5, 5.41) is 0. The number of Topliss-reactive ketones (excluding diaryl/α,β-unsaturated/α-hetero) is 2. The molecule has 0 fully saturated rings. The van der Waals surface area contributed by atoms with Gasteiger partial charge in [0, 0.05) is 11.1 Å². The first-order valence-corrected chi connectivity index (χ1v) is 11.6. The smallest absolute Gasteiger partial charge is 0.244 e. The number of aromatic nitrogens is 2. The maximum atomic E-state index is 12.8. The van der Waals surface area contributed by atoms with Gasteiger partial charge in [0.25, 0.3) is 0 Å². The Morgan fingerprint density at radius 2 is 1.03 bits per heavy atom. The molecule has 5 aromatic rings. The number of carbonyl (C=O) groups excluding carboxylic acids is 2. The van der Waals surface area contributed by atoms with Gasteiger partial charge in [0.15, 0.2) is 13.1 Å². The fourth-order valence-electron chi connectivity index (χ4n) is 4.10. The Morgan fingerprint density at radius 3 is 1.54 bits per heavy atom. The number of rotatable bonds is 8. The topological polar surface area (TPSA) is 43.0 Å². The van der Waals surface area contributed by atoms with E-state index in [0.717, 1.165) is 22.3 Å². The van der Waals surface area contributed by atoms with Crippen LogP contribution in [0.2, 0.25) is 0 Å². The Bertz CT molecular complexity index is 1320. The predicted molar refractivity (Wildman–Crippen MR) is 137 cm³/mol. The summed E-state index contributed by atoms with van der Waals surface area (Å²) in [5.74, 6) is 0.0466. The van der Waals surface area contributed by atoms with Crippen LogP contribution in [0.15, 0.2) is 128 Å². The SMILES string of the molecule is O=C(Cn1cc[n+](CC(=O)c2ccc(-c3ccccc3)cc2)c1)c1ccc(-c2ccccc2)cc1. The molecule has 0 radical (unpaired) electrons. The van der Waals surface area contributed by atoms with Crippen molar-refractivity contribution in [1.82, 2.24) is 4.57 Å². The summed E-state index contributed by atoms with van der Waals surface area (Å²) in [6.07, 6.45) is 5.44. The van der Waals surface area contributed by atoms with Crippen molar-refractivity contribution in [3.05, 3.63) is 139 Å². The highest BCUT2D eigenvalue weighted by Gasteiger charge is 2.15. The molecule has 0 amide bonds. The highest BCUT2D eigenvalue weighted by Crippen LogP contribution is 2.20. The van der Waals surface area contributed by atoms with Crippen LogP contribution >= 0.6 is 0 Å². The molecule has 4 heteroatoms. The van der Waals surface area contributed by atoms with Crippen LogP contribution in [0.4, 0.5) is 0 Å². The molecule has 5 rings (SSSR count). The summed E-state index contributed by atoms with van der Waals surface area (Å²) in [7, 11) is 0. The van der Waals surface area contributed by atoms with E-state index in [0.29, 0.717) is 11.1 Å². The Balaban J connectivity index is 1.20. The molecule has 0 unspecified atom stereocenters. The van der Waals surface area contributed by atoms with Crippen molar-refractivity contribution >= 4 is 11.6 Å². The van der Waals surface area contributed by atoms with Crippen LogP contribution in [0.1, 0.15) is 20.7 Å². The van der Waals surface area contributed by atoms with Crippen molar-refractivity contribution in [2.45, 2.75) is 13.1 Å². The van der Waals surface area contributed by atoms with Crippen LogP contribution in [0.5, 0.6) is 0 Å². The van der Waals surface area contributed by atoms with E-state index in [1.807, 2.05) is 122 Å². The summed E-state index contributed by atoms with van der Waals surface area (Å²) in [4.78, 5) is 25.5. The zero-order valence-electron chi connectivity index (χ0n) is 19.2. The lowest BCUT2D eigenvalue weighted by Gasteiger charge is -2.04. The zero-order valence-corrected chi connectivity index (χ0v) is 19.2. The maximum absolute atomic E-state index is 12.8. The average Bonchev–Trinajstić information content (AvgIpc) is 3.36. The van der Waals surface area contributed by atoms with E-state index < -0.39 is 0 Å². The molecule has 0 aliphatic rings. The van der Waals surface area contributed by atoms with Crippen molar-refractivity contribution in [2.24, 2.45) is 0 Å². The van der Waals surface area contributed by atoms with Gasteiger partial charge >= 0.3 is 0 Å².